The number of anilines is 1. The van der Waals surface area contributed by atoms with Gasteiger partial charge in [0.05, 0.1) is 11.3 Å². The van der Waals surface area contributed by atoms with E-state index in [1.165, 1.54) is 12.1 Å². The van der Waals surface area contributed by atoms with Crippen LogP contribution in [0.3, 0.4) is 0 Å². The number of ether oxygens (including phenoxy) is 1. The fourth-order valence-electron chi connectivity index (χ4n) is 3.37. The summed E-state index contributed by atoms with van der Waals surface area (Å²) >= 11 is 0. The molecule has 0 unspecified atom stereocenters. The summed E-state index contributed by atoms with van der Waals surface area (Å²) in [6, 6.07) is 21.3. The van der Waals surface area contributed by atoms with Gasteiger partial charge in [0.1, 0.15) is 10.6 Å². The van der Waals surface area contributed by atoms with Crippen LogP contribution in [-0.2, 0) is 16.4 Å². The zero-order chi connectivity index (χ0) is 23.1. The molecule has 0 aromatic heterocycles. The first-order chi connectivity index (χ1) is 15.3. The molecule has 0 saturated carbocycles. The lowest BCUT2D eigenvalue weighted by Gasteiger charge is -2.28. The fraction of sp³-hybridized carbons (Fsp3) is 0.240. The van der Waals surface area contributed by atoms with Crippen molar-refractivity contribution in [1.82, 2.24) is 0 Å². The minimum atomic E-state index is -3.77. The molecule has 0 atom stereocenters. The summed E-state index contributed by atoms with van der Waals surface area (Å²) < 4.78 is 31.4. The zero-order valence-electron chi connectivity index (χ0n) is 18.2. The number of carbonyl (C=O) groups is 1. The smallest absolute Gasteiger partial charge is 0.335 e. The van der Waals surface area contributed by atoms with E-state index in [1.807, 2.05) is 41.3 Å². The van der Waals surface area contributed by atoms with Gasteiger partial charge < -0.3 is 14.7 Å². The number of carboxylic acids is 1. The third-order valence-electron chi connectivity index (χ3n) is 4.98. The number of benzene rings is 3. The number of unbranched alkanes of at least 4 members (excludes halogenated alkanes) is 1. The molecule has 0 aliphatic heterocycles. The molecular formula is C25H27NO5S. The molecule has 0 bridgehead atoms. The van der Waals surface area contributed by atoms with Crippen molar-refractivity contribution >= 4 is 21.5 Å². The molecule has 0 saturated heterocycles. The van der Waals surface area contributed by atoms with E-state index < -0.39 is 15.8 Å². The van der Waals surface area contributed by atoms with E-state index >= 15 is 0 Å². The number of hydrogen-bond acceptors (Lipinski definition) is 5. The van der Waals surface area contributed by atoms with Crippen LogP contribution < -0.4 is 9.64 Å². The van der Waals surface area contributed by atoms with E-state index in [9.17, 15) is 18.3 Å². The van der Waals surface area contributed by atoms with Gasteiger partial charge >= 0.3 is 5.97 Å². The summed E-state index contributed by atoms with van der Waals surface area (Å²) in [5.74, 6) is -0.592. The third kappa shape index (κ3) is 5.88. The van der Waals surface area contributed by atoms with Crippen LogP contribution in [0, 0.1) is 0 Å². The molecule has 6 nitrogen and oxygen atoms in total. The lowest BCUT2D eigenvalue weighted by atomic mass is 10.1. The molecule has 0 aliphatic rings. The lowest BCUT2D eigenvalue weighted by molar-refractivity contribution is 0.0696. The molecule has 7 heteroatoms. The zero-order valence-corrected chi connectivity index (χ0v) is 19.0. The van der Waals surface area contributed by atoms with Crippen molar-refractivity contribution in [3.8, 4) is 11.5 Å². The van der Waals surface area contributed by atoms with E-state index in [4.69, 9.17) is 4.74 Å². The van der Waals surface area contributed by atoms with Crippen LogP contribution in [0.15, 0.2) is 77.7 Å². The third-order valence-corrected chi connectivity index (χ3v) is 6.09. The van der Waals surface area contributed by atoms with E-state index in [0.717, 1.165) is 24.7 Å². The second-order valence-corrected chi connectivity index (χ2v) is 9.56. The van der Waals surface area contributed by atoms with Crippen LogP contribution in [0.2, 0.25) is 0 Å². The Balaban J connectivity index is 2.22. The van der Waals surface area contributed by atoms with Gasteiger partial charge in [-0.2, -0.15) is 0 Å². The average Bonchev–Trinajstić information content (AvgIpc) is 2.77. The normalized spacial score (nSPS) is 11.2. The Hall–Kier alpha value is -3.32. The molecule has 3 aromatic carbocycles. The van der Waals surface area contributed by atoms with Gasteiger partial charge in [0.15, 0.2) is 15.6 Å². The number of rotatable bonds is 10. The molecule has 0 spiro atoms. The Morgan fingerprint density at radius 2 is 1.62 bits per heavy atom. The molecule has 0 aliphatic carbocycles. The molecule has 0 fully saturated rings. The second-order valence-electron chi connectivity index (χ2n) is 7.58. The van der Waals surface area contributed by atoms with Crippen LogP contribution in [0.25, 0.3) is 0 Å². The summed E-state index contributed by atoms with van der Waals surface area (Å²) in [7, 11) is -3.77. The maximum atomic E-state index is 12.7. The van der Waals surface area contributed by atoms with Gasteiger partial charge in [-0.15, -0.1) is 0 Å². The standard InChI is InChI=1S/C25H27NO5S/c1-3-4-15-26(18-19-11-7-5-8-12-19)22-16-20(25(27)28)17-23(32(2,29)30)24(22)31-21-13-9-6-10-14-21/h5-14,16-17H,3-4,15,18H2,1-2H3,(H,27,28). The Bertz CT molecular complexity index is 1160. The summed E-state index contributed by atoms with van der Waals surface area (Å²) in [6.45, 7) is 3.17. The Kier molecular flexibility index (Phi) is 7.53. The number of sulfone groups is 1. The molecule has 3 aromatic rings. The highest BCUT2D eigenvalue weighted by Crippen LogP contribution is 2.40. The molecule has 0 heterocycles. The maximum Gasteiger partial charge on any atom is 0.335 e. The van der Waals surface area contributed by atoms with Gasteiger partial charge in [-0.25, -0.2) is 13.2 Å². The van der Waals surface area contributed by atoms with Gasteiger partial charge in [0.25, 0.3) is 0 Å². The largest absolute Gasteiger partial charge is 0.478 e. The molecule has 168 valence electrons. The molecule has 0 amide bonds. The van der Waals surface area contributed by atoms with Crippen molar-refractivity contribution in [2.45, 2.75) is 31.2 Å². The van der Waals surface area contributed by atoms with Crippen LogP contribution in [0.4, 0.5) is 5.69 Å². The van der Waals surface area contributed by atoms with Crippen LogP contribution in [0.5, 0.6) is 11.5 Å². The first-order valence-electron chi connectivity index (χ1n) is 10.4. The fourth-order valence-corrected chi connectivity index (χ4v) is 4.19. The SMILES string of the molecule is CCCCN(Cc1ccccc1)c1cc(C(=O)O)cc(S(C)(=O)=O)c1Oc1ccccc1. The molecule has 32 heavy (non-hydrogen) atoms. The van der Waals surface area contributed by atoms with Crippen LogP contribution in [0.1, 0.15) is 35.7 Å². The predicted octanol–water partition coefficient (Wildman–Crippen LogP) is 5.39. The Labute approximate surface area is 189 Å². The topological polar surface area (TPSA) is 83.9 Å². The van der Waals surface area contributed by atoms with Crippen molar-refractivity contribution in [1.29, 1.82) is 0 Å². The number of para-hydroxylation sites is 1. The maximum absolute atomic E-state index is 12.7. The highest BCUT2D eigenvalue weighted by molar-refractivity contribution is 7.90. The van der Waals surface area contributed by atoms with Crippen molar-refractivity contribution in [3.05, 3.63) is 83.9 Å². The highest BCUT2D eigenvalue weighted by Gasteiger charge is 2.26. The van der Waals surface area contributed by atoms with Crippen molar-refractivity contribution in [2.24, 2.45) is 0 Å². The minimum absolute atomic E-state index is 0.101. The molecule has 0 radical (unpaired) electrons. The van der Waals surface area contributed by atoms with E-state index in [0.29, 0.717) is 24.5 Å². The number of nitrogens with zero attached hydrogens (tertiary/aromatic N) is 1. The van der Waals surface area contributed by atoms with E-state index in [2.05, 4.69) is 6.92 Å². The minimum Gasteiger partial charge on any atom is -0.478 e. The van der Waals surface area contributed by atoms with Crippen LogP contribution >= 0.6 is 0 Å². The number of hydrogen-bond donors (Lipinski definition) is 1. The summed E-state index contributed by atoms with van der Waals surface area (Å²) in [4.78, 5) is 13.7. The molecular weight excluding hydrogens is 426 g/mol. The van der Waals surface area contributed by atoms with Gasteiger partial charge in [-0.1, -0.05) is 61.9 Å². The van der Waals surface area contributed by atoms with Crippen molar-refractivity contribution in [3.63, 3.8) is 0 Å². The van der Waals surface area contributed by atoms with Gasteiger partial charge in [-0.3, -0.25) is 0 Å². The van der Waals surface area contributed by atoms with E-state index in [1.54, 1.807) is 24.3 Å². The summed E-state index contributed by atoms with van der Waals surface area (Å²) in [5, 5.41) is 9.67. The van der Waals surface area contributed by atoms with Crippen molar-refractivity contribution in [2.75, 3.05) is 17.7 Å². The second kappa shape index (κ2) is 10.3. The van der Waals surface area contributed by atoms with Gasteiger partial charge in [0, 0.05) is 19.3 Å². The molecule has 1 N–H and O–H groups in total. The summed E-state index contributed by atoms with van der Waals surface area (Å²) in [5.41, 5.74) is 1.36. The van der Waals surface area contributed by atoms with Gasteiger partial charge in [0.2, 0.25) is 0 Å². The van der Waals surface area contributed by atoms with Crippen LogP contribution in [-0.4, -0.2) is 32.3 Å². The Morgan fingerprint density at radius 3 is 2.19 bits per heavy atom. The first-order valence-corrected chi connectivity index (χ1v) is 12.3. The quantitative estimate of drug-likeness (QED) is 0.443. The van der Waals surface area contributed by atoms with E-state index in [-0.39, 0.29) is 16.2 Å². The first kappa shape index (κ1) is 23.3. The lowest BCUT2D eigenvalue weighted by Crippen LogP contribution is -2.25. The summed E-state index contributed by atoms with van der Waals surface area (Å²) in [6.07, 6.45) is 2.84. The number of carboxylic acid groups (broad SMARTS) is 1. The van der Waals surface area contributed by atoms with Crippen molar-refractivity contribution < 1.29 is 23.1 Å². The highest BCUT2D eigenvalue weighted by atomic mass is 32.2. The van der Waals surface area contributed by atoms with Gasteiger partial charge in [-0.05, 0) is 36.2 Å². The number of aromatic carboxylic acids is 1. The predicted molar refractivity (Wildman–Crippen MR) is 125 cm³/mol. The Morgan fingerprint density at radius 1 is 1.00 bits per heavy atom. The average molecular weight is 454 g/mol. The monoisotopic (exact) mass is 453 g/mol. The molecule has 3 rings (SSSR count).